The lowest BCUT2D eigenvalue weighted by Crippen LogP contribution is -2.52. The van der Waals surface area contributed by atoms with Crippen LogP contribution in [0.1, 0.15) is 32.3 Å². The monoisotopic (exact) mass is 455 g/mol. The molecule has 8 nitrogen and oxygen atoms in total. The number of halogens is 3. The lowest BCUT2D eigenvalue weighted by Gasteiger charge is -2.41. The van der Waals surface area contributed by atoms with E-state index in [0.717, 1.165) is 12.1 Å². The molecule has 0 radical (unpaired) electrons. The Bertz CT molecular complexity index is 850. The SMILES string of the molecule is CC(C)(C)OC(=O)N1CC(O)C(c2ccc(OS(=O)(=O)C(F)(F)F)cc2)C(CO)C1. The summed E-state index contributed by atoms with van der Waals surface area (Å²) in [5, 5.41) is 20.3. The van der Waals surface area contributed by atoms with Crippen molar-refractivity contribution in [1.29, 1.82) is 0 Å². The number of aliphatic hydroxyl groups excluding tert-OH is 2. The van der Waals surface area contributed by atoms with Crippen molar-refractivity contribution in [2.24, 2.45) is 5.92 Å². The highest BCUT2D eigenvalue weighted by Gasteiger charge is 2.48. The molecule has 12 heteroatoms. The van der Waals surface area contributed by atoms with Crippen LogP contribution < -0.4 is 4.18 Å². The third kappa shape index (κ3) is 5.76. The van der Waals surface area contributed by atoms with Crippen molar-refractivity contribution < 1.29 is 45.5 Å². The third-order valence-electron chi connectivity index (χ3n) is 4.43. The zero-order valence-electron chi connectivity index (χ0n) is 16.6. The van der Waals surface area contributed by atoms with E-state index in [2.05, 4.69) is 4.18 Å². The smallest absolute Gasteiger partial charge is 0.444 e. The third-order valence-corrected chi connectivity index (χ3v) is 5.40. The summed E-state index contributed by atoms with van der Waals surface area (Å²) in [7, 11) is -5.79. The Labute approximate surface area is 172 Å². The molecule has 1 aromatic carbocycles. The molecular weight excluding hydrogens is 431 g/mol. The maximum absolute atomic E-state index is 12.4. The molecule has 170 valence electrons. The predicted molar refractivity (Wildman–Crippen MR) is 99.2 cm³/mol. The molecule has 2 N–H and O–H groups in total. The summed E-state index contributed by atoms with van der Waals surface area (Å²) in [6, 6.07) is 4.67. The number of hydrogen-bond donors (Lipinski definition) is 2. The first-order valence-electron chi connectivity index (χ1n) is 9.02. The second-order valence-corrected chi connectivity index (χ2v) is 9.51. The molecule has 0 aliphatic carbocycles. The van der Waals surface area contributed by atoms with Gasteiger partial charge in [0.2, 0.25) is 0 Å². The van der Waals surface area contributed by atoms with Gasteiger partial charge in [0.25, 0.3) is 0 Å². The summed E-state index contributed by atoms with van der Waals surface area (Å²) in [5.74, 6) is -1.76. The van der Waals surface area contributed by atoms with Crippen LogP contribution in [-0.2, 0) is 14.9 Å². The maximum Gasteiger partial charge on any atom is 0.534 e. The highest BCUT2D eigenvalue weighted by molar-refractivity contribution is 7.88. The predicted octanol–water partition coefficient (Wildman–Crippen LogP) is 2.22. The topological polar surface area (TPSA) is 113 Å². The minimum Gasteiger partial charge on any atom is -0.444 e. The number of piperidine rings is 1. The van der Waals surface area contributed by atoms with E-state index in [1.165, 1.54) is 17.0 Å². The molecule has 0 aromatic heterocycles. The van der Waals surface area contributed by atoms with Crippen molar-refractivity contribution in [3.05, 3.63) is 29.8 Å². The quantitative estimate of drug-likeness (QED) is 0.529. The van der Waals surface area contributed by atoms with Gasteiger partial charge < -0.3 is 24.0 Å². The standard InChI is InChI=1S/C18H24F3NO7S/c1-17(2,3)28-16(25)22-8-12(10-23)15(14(24)9-22)11-4-6-13(7-5-11)29-30(26,27)18(19,20)21/h4-7,12,14-15,23-24H,8-10H2,1-3H3. The molecule has 0 spiro atoms. The van der Waals surface area contributed by atoms with Gasteiger partial charge in [-0.2, -0.15) is 21.6 Å². The first kappa shape index (κ1) is 24.2. The molecule has 3 atom stereocenters. The summed E-state index contributed by atoms with van der Waals surface area (Å²) in [6.45, 7) is 4.73. The highest BCUT2D eigenvalue weighted by Crippen LogP contribution is 2.35. The Balaban J connectivity index is 2.16. The number of likely N-dealkylation sites (tertiary alicyclic amines) is 1. The van der Waals surface area contributed by atoms with Crippen molar-refractivity contribution >= 4 is 16.2 Å². The number of carbonyl (C=O) groups excluding carboxylic acids is 1. The number of β-amino-alcohol motifs (C(OH)–C–C–N with tert-alkyl or cyclic N) is 1. The largest absolute Gasteiger partial charge is 0.534 e. The van der Waals surface area contributed by atoms with Crippen LogP contribution in [0.3, 0.4) is 0 Å². The molecule has 1 aliphatic heterocycles. The molecule has 1 heterocycles. The van der Waals surface area contributed by atoms with Gasteiger partial charge in [0.1, 0.15) is 11.4 Å². The molecule has 3 unspecified atom stereocenters. The summed E-state index contributed by atoms with van der Waals surface area (Å²) in [4.78, 5) is 13.5. The van der Waals surface area contributed by atoms with E-state index in [1.54, 1.807) is 20.8 Å². The lowest BCUT2D eigenvalue weighted by molar-refractivity contribution is -0.0500. The van der Waals surface area contributed by atoms with Crippen molar-refractivity contribution in [2.75, 3.05) is 19.7 Å². The van der Waals surface area contributed by atoms with Crippen LogP contribution in [0.25, 0.3) is 0 Å². The van der Waals surface area contributed by atoms with Gasteiger partial charge in [-0.25, -0.2) is 4.79 Å². The number of ether oxygens (including phenoxy) is 1. The molecule has 2 rings (SSSR count). The molecule has 1 fully saturated rings. The number of aliphatic hydroxyl groups is 2. The Kier molecular flexibility index (Phi) is 6.94. The van der Waals surface area contributed by atoms with Gasteiger partial charge in [-0.1, -0.05) is 12.1 Å². The van der Waals surface area contributed by atoms with Crippen LogP contribution in [0.15, 0.2) is 24.3 Å². The lowest BCUT2D eigenvalue weighted by atomic mass is 9.79. The van der Waals surface area contributed by atoms with Gasteiger partial charge in [0.05, 0.1) is 12.6 Å². The fraction of sp³-hybridized carbons (Fsp3) is 0.611. The fourth-order valence-electron chi connectivity index (χ4n) is 3.19. The van der Waals surface area contributed by atoms with Crippen LogP contribution >= 0.6 is 0 Å². The Morgan fingerprint density at radius 1 is 1.17 bits per heavy atom. The van der Waals surface area contributed by atoms with Gasteiger partial charge in [-0.15, -0.1) is 0 Å². The molecular formula is C18H24F3NO7S. The maximum atomic E-state index is 12.4. The van der Waals surface area contributed by atoms with E-state index in [9.17, 15) is 36.6 Å². The zero-order valence-corrected chi connectivity index (χ0v) is 17.4. The summed E-state index contributed by atoms with van der Waals surface area (Å²) in [5.41, 5.74) is -5.85. The van der Waals surface area contributed by atoms with E-state index >= 15 is 0 Å². The van der Waals surface area contributed by atoms with E-state index in [1.807, 2.05) is 0 Å². The molecule has 30 heavy (non-hydrogen) atoms. The number of hydrogen-bond acceptors (Lipinski definition) is 7. The molecule has 0 bridgehead atoms. The van der Waals surface area contributed by atoms with Crippen molar-refractivity contribution in [3.8, 4) is 5.75 Å². The van der Waals surface area contributed by atoms with E-state index in [4.69, 9.17) is 4.74 Å². The number of amides is 1. The average Bonchev–Trinajstić information content (AvgIpc) is 2.59. The first-order valence-corrected chi connectivity index (χ1v) is 10.4. The molecule has 0 saturated carbocycles. The van der Waals surface area contributed by atoms with Crippen LogP contribution in [-0.4, -0.2) is 66.5 Å². The molecule has 1 aromatic rings. The Morgan fingerprint density at radius 3 is 2.20 bits per heavy atom. The first-order chi connectivity index (χ1) is 13.6. The Morgan fingerprint density at radius 2 is 1.73 bits per heavy atom. The Hall–Kier alpha value is -2.05. The number of rotatable bonds is 4. The molecule has 1 aliphatic rings. The van der Waals surface area contributed by atoms with Gasteiger partial charge in [0.15, 0.2) is 0 Å². The summed E-state index contributed by atoms with van der Waals surface area (Å²) >= 11 is 0. The average molecular weight is 455 g/mol. The highest BCUT2D eigenvalue weighted by atomic mass is 32.2. The van der Waals surface area contributed by atoms with E-state index in [-0.39, 0.29) is 19.7 Å². The van der Waals surface area contributed by atoms with Crippen LogP contribution in [0, 0.1) is 5.92 Å². The normalized spacial score (nSPS) is 23.2. The number of benzene rings is 1. The van der Waals surface area contributed by atoms with Crippen LogP contribution in [0.2, 0.25) is 0 Å². The zero-order chi connectivity index (χ0) is 22.9. The van der Waals surface area contributed by atoms with E-state index in [0.29, 0.717) is 5.56 Å². The summed E-state index contributed by atoms with van der Waals surface area (Å²) < 4.78 is 68.8. The van der Waals surface area contributed by atoms with Crippen molar-refractivity contribution in [2.45, 2.75) is 43.9 Å². The minimum atomic E-state index is -5.79. The van der Waals surface area contributed by atoms with Gasteiger partial charge in [-0.05, 0) is 38.5 Å². The van der Waals surface area contributed by atoms with Gasteiger partial charge in [-0.3, -0.25) is 0 Å². The van der Waals surface area contributed by atoms with Crippen molar-refractivity contribution in [3.63, 3.8) is 0 Å². The molecule has 1 saturated heterocycles. The fourth-order valence-corrected chi connectivity index (χ4v) is 3.64. The number of alkyl halides is 3. The number of carbonyl (C=O) groups is 1. The van der Waals surface area contributed by atoms with Crippen LogP contribution in [0.5, 0.6) is 5.75 Å². The molecule has 1 amide bonds. The second-order valence-electron chi connectivity index (χ2n) is 7.97. The van der Waals surface area contributed by atoms with E-state index < -0.39 is 51.0 Å². The summed E-state index contributed by atoms with van der Waals surface area (Å²) in [6.07, 6.45) is -1.73. The van der Waals surface area contributed by atoms with Crippen molar-refractivity contribution in [1.82, 2.24) is 4.90 Å². The van der Waals surface area contributed by atoms with Gasteiger partial charge in [0, 0.05) is 25.0 Å². The van der Waals surface area contributed by atoms with Crippen LogP contribution in [0.4, 0.5) is 18.0 Å². The van der Waals surface area contributed by atoms with Gasteiger partial charge >= 0.3 is 21.7 Å². The second kappa shape index (κ2) is 8.60. The number of nitrogens with zero attached hydrogens (tertiary/aromatic N) is 1. The minimum absolute atomic E-state index is 0.0726.